The van der Waals surface area contributed by atoms with E-state index in [1.807, 2.05) is 27.7 Å². The highest BCUT2D eigenvalue weighted by Gasteiger charge is 2.41. The van der Waals surface area contributed by atoms with E-state index in [0.717, 1.165) is 12.8 Å². The first-order valence-electron chi connectivity index (χ1n) is 6.94. The Hall–Kier alpha value is -1.10. The van der Waals surface area contributed by atoms with Gasteiger partial charge in [-0.1, -0.05) is 20.8 Å². The molecule has 5 heteroatoms. The summed E-state index contributed by atoms with van der Waals surface area (Å²) in [7, 11) is 0. The second-order valence-electron chi connectivity index (χ2n) is 6.96. The Bertz CT molecular complexity index is 345. The third-order valence-corrected chi connectivity index (χ3v) is 3.46. The molecule has 0 bridgehead atoms. The van der Waals surface area contributed by atoms with Crippen molar-refractivity contribution in [2.75, 3.05) is 13.1 Å². The molecule has 1 aliphatic carbocycles. The summed E-state index contributed by atoms with van der Waals surface area (Å²) in [6.07, 6.45) is 2.64. The van der Waals surface area contributed by atoms with Crippen molar-refractivity contribution < 1.29 is 9.59 Å². The van der Waals surface area contributed by atoms with E-state index in [-0.39, 0.29) is 29.3 Å². The standard InChI is InChI=1S/C14H27N3O2/c1-13(2,3)7-11(18)16-8-12(19)17-14(4,9-15)10-5-6-10/h10H,5-9,15H2,1-4H3,(H,16,18)(H,17,19). The monoisotopic (exact) mass is 269 g/mol. The molecule has 1 rings (SSSR count). The molecule has 4 N–H and O–H groups in total. The molecule has 0 aromatic carbocycles. The van der Waals surface area contributed by atoms with Crippen molar-refractivity contribution in [1.82, 2.24) is 10.6 Å². The normalized spacial score (nSPS) is 18.6. The Morgan fingerprint density at radius 2 is 1.74 bits per heavy atom. The molecule has 1 saturated carbocycles. The van der Waals surface area contributed by atoms with Crippen LogP contribution in [0.4, 0.5) is 0 Å². The highest BCUT2D eigenvalue weighted by molar-refractivity contribution is 5.85. The molecule has 0 spiro atoms. The van der Waals surface area contributed by atoms with Gasteiger partial charge in [0.1, 0.15) is 0 Å². The first kappa shape index (κ1) is 16.0. The smallest absolute Gasteiger partial charge is 0.239 e. The van der Waals surface area contributed by atoms with Crippen molar-refractivity contribution in [3.8, 4) is 0 Å². The van der Waals surface area contributed by atoms with Crippen LogP contribution in [-0.2, 0) is 9.59 Å². The molecule has 1 aliphatic rings. The molecule has 110 valence electrons. The Morgan fingerprint density at radius 1 is 1.16 bits per heavy atom. The van der Waals surface area contributed by atoms with Crippen LogP contribution in [-0.4, -0.2) is 30.4 Å². The summed E-state index contributed by atoms with van der Waals surface area (Å²) >= 11 is 0. The van der Waals surface area contributed by atoms with Crippen LogP contribution in [0.2, 0.25) is 0 Å². The number of amides is 2. The molecule has 1 atom stereocenters. The Kier molecular flexibility index (Phi) is 4.96. The lowest BCUT2D eigenvalue weighted by atomic mass is 9.92. The molecule has 1 fully saturated rings. The van der Waals surface area contributed by atoms with Crippen LogP contribution in [0.25, 0.3) is 0 Å². The average Bonchev–Trinajstić information content (AvgIpc) is 3.07. The highest BCUT2D eigenvalue weighted by atomic mass is 16.2. The van der Waals surface area contributed by atoms with Crippen LogP contribution in [0.3, 0.4) is 0 Å². The first-order chi connectivity index (χ1) is 8.66. The minimum absolute atomic E-state index is 0.0250. The van der Waals surface area contributed by atoms with Gasteiger partial charge >= 0.3 is 0 Å². The maximum atomic E-state index is 11.8. The van der Waals surface area contributed by atoms with Crippen molar-refractivity contribution in [3.05, 3.63) is 0 Å². The van der Waals surface area contributed by atoms with Gasteiger partial charge in [-0.05, 0) is 31.1 Å². The van der Waals surface area contributed by atoms with Gasteiger partial charge in [-0.25, -0.2) is 0 Å². The molecule has 5 nitrogen and oxygen atoms in total. The van der Waals surface area contributed by atoms with Gasteiger partial charge in [-0.3, -0.25) is 9.59 Å². The van der Waals surface area contributed by atoms with E-state index in [4.69, 9.17) is 5.73 Å². The SMILES string of the molecule is CC(C)(C)CC(=O)NCC(=O)NC(C)(CN)C1CC1. The molecule has 0 aromatic heterocycles. The number of rotatable bonds is 6. The van der Waals surface area contributed by atoms with Crippen molar-refractivity contribution in [2.45, 2.75) is 52.5 Å². The summed E-state index contributed by atoms with van der Waals surface area (Å²) in [5.41, 5.74) is 5.34. The Balaban J connectivity index is 2.33. The maximum Gasteiger partial charge on any atom is 0.239 e. The second-order valence-corrected chi connectivity index (χ2v) is 6.96. The van der Waals surface area contributed by atoms with Crippen LogP contribution in [0.5, 0.6) is 0 Å². The van der Waals surface area contributed by atoms with Crippen molar-refractivity contribution in [3.63, 3.8) is 0 Å². The summed E-state index contributed by atoms with van der Waals surface area (Å²) in [5, 5.41) is 5.60. The number of hydrogen-bond acceptors (Lipinski definition) is 3. The molecule has 2 amide bonds. The second kappa shape index (κ2) is 5.90. The van der Waals surface area contributed by atoms with E-state index in [1.165, 1.54) is 0 Å². The number of carbonyl (C=O) groups excluding carboxylic acids is 2. The molecule has 19 heavy (non-hydrogen) atoms. The molecular weight excluding hydrogens is 242 g/mol. The fourth-order valence-corrected chi connectivity index (χ4v) is 2.13. The zero-order chi connectivity index (χ0) is 14.7. The van der Waals surface area contributed by atoms with Gasteiger partial charge in [0, 0.05) is 13.0 Å². The molecule has 0 aromatic rings. The predicted molar refractivity (Wildman–Crippen MR) is 75.4 cm³/mol. The van der Waals surface area contributed by atoms with E-state index < -0.39 is 0 Å². The van der Waals surface area contributed by atoms with Crippen LogP contribution in [0.15, 0.2) is 0 Å². The first-order valence-corrected chi connectivity index (χ1v) is 6.94. The van der Waals surface area contributed by atoms with Crippen LogP contribution < -0.4 is 16.4 Å². The predicted octanol–water partition coefficient (Wildman–Crippen LogP) is 0.782. The van der Waals surface area contributed by atoms with E-state index >= 15 is 0 Å². The largest absolute Gasteiger partial charge is 0.348 e. The Morgan fingerprint density at radius 3 is 2.16 bits per heavy atom. The van der Waals surface area contributed by atoms with E-state index in [0.29, 0.717) is 18.9 Å². The summed E-state index contributed by atoms with van der Waals surface area (Å²) < 4.78 is 0. The summed E-state index contributed by atoms with van der Waals surface area (Å²) in [5.74, 6) is 0.220. The van der Waals surface area contributed by atoms with Crippen LogP contribution in [0, 0.1) is 11.3 Å². The minimum atomic E-state index is -0.328. The van der Waals surface area contributed by atoms with Gasteiger partial charge in [0.2, 0.25) is 11.8 Å². The van der Waals surface area contributed by atoms with Gasteiger partial charge in [0.05, 0.1) is 12.1 Å². The topological polar surface area (TPSA) is 84.2 Å². The lowest BCUT2D eigenvalue weighted by Crippen LogP contribution is -2.55. The van der Waals surface area contributed by atoms with Crippen LogP contribution in [0.1, 0.15) is 47.0 Å². The lowest BCUT2D eigenvalue weighted by Gasteiger charge is -2.29. The van der Waals surface area contributed by atoms with Gasteiger partial charge in [0.25, 0.3) is 0 Å². The summed E-state index contributed by atoms with van der Waals surface area (Å²) in [6, 6.07) is 0. The molecule has 0 heterocycles. The van der Waals surface area contributed by atoms with Gasteiger partial charge in [0.15, 0.2) is 0 Å². The third kappa shape index (κ3) is 5.59. The van der Waals surface area contributed by atoms with Crippen molar-refractivity contribution >= 4 is 11.8 Å². The fourth-order valence-electron chi connectivity index (χ4n) is 2.13. The Labute approximate surface area is 115 Å². The van der Waals surface area contributed by atoms with Gasteiger partial charge < -0.3 is 16.4 Å². The van der Waals surface area contributed by atoms with Crippen molar-refractivity contribution in [1.29, 1.82) is 0 Å². The van der Waals surface area contributed by atoms with Crippen LogP contribution >= 0.6 is 0 Å². The molecular formula is C14H27N3O2. The summed E-state index contributed by atoms with van der Waals surface area (Å²) in [6.45, 7) is 8.40. The number of hydrogen-bond donors (Lipinski definition) is 3. The molecule has 0 aliphatic heterocycles. The zero-order valence-electron chi connectivity index (χ0n) is 12.5. The number of carbonyl (C=O) groups is 2. The van der Waals surface area contributed by atoms with Crippen molar-refractivity contribution in [2.24, 2.45) is 17.1 Å². The molecule has 0 saturated heterocycles. The zero-order valence-corrected chi connectivity index (χ0v) is 12.5. The van der Waals surface area contributed by atoms with E-state index in [1.54, 1.807) is 0 Å². The fraction of sp³-hybridized carbons (Fsp3) is 0.857. The third-order valence-electron chi connectivity index (χ3n) is 3.46. The van der Waals surface area contributed by atoms with Gasteiger partial charge in [-0.15, -0.1) is 0 Å². The molecule has 1 unspecified atom stereocenters. The van der Waals surface area contributed by atoms with Gasteiger partial charge in [-0.2, -0.15) is 0 Å². The maximum absolute atomic E-state index is 11.8. The quantitative estimate of drug-likeness (QED) is 0.666. The summed E-state index contributed by atoms with van der Waals surface area (Å²) in [4.78, 5) is 23.5. The lowest BCUT2D eigenvalue weighted by molar-refractivity contribution is -0.128. The molecule has 0 radical (unpaired) electrons. The number of nitrogens with one attached hydrogen (secondary N) is 2. The highest BCUT2D eigenvalue weighted by Crippen LogP contribution is 2.38. The number of nitrogens with two attached hydrogens (primary N) is 1. The minimum Gasteiger partial charge on any atom is -0.348 e. The average molecular weight is 269 g/mol. The van der Waals surface area contributed by atoms with E-state index in [9.17, 15) is 9.59 Å². The van der Waals surface area contributed by atoms with E-state index in [2.05, 4.69) is 10.6 Å².